The number of nitrogens with zero attached hydrogens (tertiary/aromatic N) is 1. The molecule has 1 heterocycles. The molecule has 4 N–H and O–H groups in total. The van der Waals surface area contributed by atoms with Crippen LogP contribution >= 0.6 is 0 Å². The number of ether oxygens (including phenoxy) is 1. The number of fused-ring (bicyclic) bond motifs is 1. The third-order valence-electron chi connectivity index (χ3n) is 4.49. The number of carbonyl (C=O) groups is 2. The van der Waals surface area contributed by atoms with Crippen LogP contribution in [0.3, 0.4) is 0 Å². The Balaban J connectivity index is 1.96. The van der Waals surface area contributed by atoms with Gasteiger partial charge in [-0.1, -0.05) is 18.6 Å². The summed E-state index contributed by atoms with van der Waals surface area (Å²) in [6, 6.07) is 7.18. The molecule has 1 aliphatic heterocycles. The van der Waals surface area contributed by atoms with E-state index in [-0.39, 0.29) is 12.5 Å². The van der Waals surface area contributed by atoms with Gasteiger partial charge in [0.2, 0.25) is 5.91 Å². The molecule has 2 amide bonds. The highest BCUT2D eigenvalue weighted by Crippen LogP contribution is 2.44. The molecule has 1 fully saturated rings. The van der Waals surface area contributed by atoms with Crippen molar-refractivity contribution in [3.8, 4) is 5.75 Å². The van der Waals surface area contributed by atoms with Gasteiger partial charge in [0.25, 0.3) is 5.91 Å². The molecule has 6 heteroatoms. The lowest BCUT2D eigenvalue weighted by Gasteiger charge is -2.44. The van der Waals surface area contributed by atoms with E-state index in [9.17, 15) is 9.59 Å². The van der Waals surface area contributed by atoms with Gasteiger partial charge in [-0.05, 0) is 25.0 Å². The number of benzene rings is 1. The molecule has 1 aliphatic carbocycles. The Morgan fingerprint density at radius 1 is 1.33 bits per heavy atom. The highest BCUT2D eigenvalue weighted by molar-refractivity contribution is 6.01. The molecule has 2 aliphatic rings. The lowest BCUT2D eigenvalue weighted by molar-refractivity contribution is -0.133. The summed E-state index contributed by atoms with van der Waals surface area (Å²) in [6.07, 6.45) is 1.78. The summed E-state index contributed by atoms with van der Waals surface area (Å²) in [7, 11) is 0. The molecule has 0 spiro atoms. The van der Waals surface area contributed by atoms with Crippen molar-refractivity contribution in [2.45, 2.75) is 25.4 Å². The number of amides is 2. The largest absolute Gasteiger partial charge is 0.477 e. The van der Waals surface area contributed by atoms with Gasteiger partial charge in [-0.25, -0.2) is 0 Å². The van der Waals surface area contributed by atoms with Gasteiger partial charge in [0.15, 0.2) is 6.10 Å². The van der Waals surface area contributed by atoms with E-state index in [2.05, 4.69) is 0 Å². The molecule has 1 atom stereocenters. The van der Waals surface area contributed by atoms with E-state index in [4.69, 9.17) is 16.2 Å². The van der Waals surface area contributed by atoms with Crippen molar-refractivity contribution in [1.82, 2.24) is 0 Å². The first-order valence-corrected chi connectivity index (χ1v) is 7.14. The van der Waals surface area contributed by atoms with E-state index in [0.717, 1.165) is 19.3 Å². The fourth-order valence-electron chi connectivity index (χ4n) is 2.97. The number of carbonyl (C=O) groups excluding carboxylic acids is 2. The fourth-order valence-corrected chi connectivity index (χ4v) is 2.97. The number of hydrogen-bond donors (Lipinski definition) is 2. The molecule has 112 valence electrons. The molecule has 0 saturated heterocycles. The molecule has 1 aromatic rings. The second kappa shape index (κ2) is 5.04. The smallest absolute Gasteiger partial charge is 0.260 e. The monoisotopic (exact) mass is 289 g/mol. The van der Waals surface area contributed by atoms with Crippen LogP contribution in [0.4, 0.5) is 5.69 Å². The van der Waals surface area contributed by atoms with Crippen molar-refractivity contribution in [3.05, 3.63) is 24.3 Å². The second-order valence-electron chi connectivity index (χ2n) is 5.73. The first kappa shape index (κ1) is 13.9. The molecule has 21 heavy (non-hydrogen) atoms. The number of nitrogens with two attached hydrogens (primary N) is 2. The first-order valence-electron chi connectivity index (χ1n) is 7.14. The topological polar surface area (TPSA) is 98.7 Å². The van der Waals surface area contributed by atoms with Gasteiger partial charge in [-0.2, -0.15) is 0 Å². The molecule has 3 rings (SSSR count). The Labute approximate surface area is 123 Å². The van der Waals surface area contributed by atoms with Crippen LogP contribution in [0.2, 0.25) is 0 Å². The molecule has 0 radical (unpaired) electrons. The number of anilines is 1. The second-order valence-corrected chi connectivity index (χ2v) is 5.73. The summed E-state index contributed by atoms with van der Waals surface area (Å²) in [5.74, 6) is -0.0941. The first-order chi connectivity index (χ1) is 10.1. The van der Waals surface area contributed by atoms with Crippen molar-refractivity contribution >= 4 is 17.5 Å². The van der Waals surface area contributed by atoms with Crippen LogP contribution in [-0.4, -0.2) is 31.0 Å². The summed E-state index contributed by atoms with van der Waals surface area (Å²) < 4.78 is 5.57. The predicted molar refractivity (Wildman–Crippen MR) is 77.7 cm³/mol. The van der Waals surface area contributed by atoms with Crippen LogP contribution in [-0.2, 0) is 9.59 Å². The molecule has 0 bridgehead atoms. The Bertz CT molecular complexity index is 578. The zero-order chi connectivity index (χ0) is 15.0. The highest BCUT2D eigenvalue weighted by Gasteiger charge is 2.47. The summed E-state index contributed by atoms with van der Waals surface area (Å²) in [6.45, 7) is 0.472. The van der Waals surface area contributed by atoms with Gasteiger partial charge in [0.05, 0.1) is 17.6 Å². The number of para-hydroxylation sites is 2. The van der Waals surface area contributed by atoms with Crippen molar-refractivity contribution in [2.75, 3.05) is 18.0 Å². The van der Waals surface area contributed by atoms with Crippen LogP contribution in [0.1, 0.15) is 19.3 Å². The highest BCUT2D eigenvalue weighted by atomic mass is 16.5. The molecule has 0 aromatic heterocycles. The Morgan fingerprint density at radius 2 is 2.05 bits per heavy atom. The Kier molecular flexibility index (Phi) is 3.33. The maximum Gasteiger partial charge on any atom is 0.260 e. The van der Waals surface area contributed by atoms with Crippen LogP contribution in [0.15, 0.2) is 24.3 Å². The number of rotatable bonds is 3. The zero-order valence-electron chi connectivity index (χ0n) is 11.7. The summed E-state index contributed by atoms with van der Waals surface area (Å²) in [5.41, 5.74) is 11.4. The number of primary amides is 1. The van der Waals surface area contributed by atoms with E-state index in [0.29, 0.717) is 18.0 Å². The van der Waals surface area contributed by atoms with Gasteiger partial charge in [-0.15, -0.1) is 0 Å². The SMILES string of the molecule is NCC1(C(=O)N2CC(C(N)=O)Oc3ccccc32)CCC1. The van der Waals surface area contributed by atoms with Crippen molar-refractivity contribution in [3.63, 3.8) is 0 Å². The summed E-state index contributed by atoms with van der Waals surface area (Å²) >= 11 is 0. The predicted octanol–water partition coefficient (Wildman–Crippen LogP) is 0.395. The van der Waals surface area contributed by atoms with Crippen LogP contribution in [0.25, 0.3) is 0 Å². The van der Waals surface area contributed by atoms with Gasteiger partial charge < -0.3 is 21.1 Å². The summed E-state index contributed by atoms with van der Waals surface area (Å²) in [4.78, 5) is 26.0. The lowest BCUT2D eigenvalue weighted by Crippen LogP contribution is -2.57. The van der Waals surface area contributed by atoms with Gasteiger partial charge in [0, 0.05) is 6.54 Å². The maximum absolute atomic E-state index is 12.9. The van der Waals surface area contributed by atoms with E-state index in [1.807, 2.05) is 12.1 Å². The van der Waals surface area contributed by atoms with E-state index in [1.54, 1.807) is 17.0 Å². The van der Waals surface area contributed by atoms with Gasteiger partial charge >= 0.3 is 0 Å². The van der Waals surface area contributed by atoms with Crippen molar-refractivity contribution < 1.29 is 14.3 Å². The summed E-state index contributed by atoms with van der Waals surface area (Å²) in [5, 5.41) is 0. The molecule has 1 unspecified atom stereocenters. The van der Waals surface area contributed by atoms with Crippen LogP contribution in [0, 0.1) is 5.41 Å². The third kappa shape index (κ3) is 2.15. The van der Waals surface area contributed by atoms with Crippen LogP contribution in [0.5, 0.6) is 5.75 Å². The minimum Gasteiger partial charge on any atom is -0.477 e. The fraction of sp³-hybridized carbons (Fsp3) is 0.467. The minimum atomic E-state index is -0.821. The van der Waals surface area contributed by atoms with Crippen molar-refractivity contribution in [2.24, 2.45) is 16.9 Å². The van der Waals surface area contributed by atoms with Crippen LogP contribution < -0.4 is 21.1 Å². The molecular weight excluding hydrogens is 270 g/mol. The molecule has 6 nitrogen and oxygen atoms in total. The maximum atomic E-state index is 12.9. The Morgan fingerprint density at radius 3 is 2.62 bits per heavy atom. The van der Waals surface area contributed by atoms with Gasteiger partial charge in [0.1, 0.15) is 5.75 Å². The van der Waals surface area contributed by atoms with E-state index in [1.165, 1.54) is 0 Å². The molecular formula is C15H19N3O3. The van der Waals surface area contributed by atoms with E-state index >= 15 is 0 Å². The van der Waals surface area contributed by atoms with Crippen molar-refractivity contribution in [1.29, 1.82) is 0 Å². The quantitative estimate of drug-likeness (QED) is 0.841. The zero-order valence-corrected chi connectivity index (χ0v) is 11.7. The molecule has 1 aromatic carbocycles. The Hall–Kier alpha value is -2.08. The minimum absolute atomic E-state index is 0.0294. The average Bonchev–Trinajstić information content (AvgIpc) is 2.45. The lowest BCUT2D eigenvalue weighted by atomic mass is 9.67. The average molecular weight is 289 g/mol. The molecule has 1 saturated carbocycles. The number of hydrogen-bond acceptors (Lipinski definition) is 4. The van der Waals surface area contributed by atoms with Gasteiger partial charge in [-0.3, -0.25) is 9.59 Å². The normalized spacial score (nSPS) is 22.7. The van der Waals surface area contributed by atoms with E-state index < -0.39 is 17.4 Å². The standard InChI is InChI=1S/C15H19N3O3/c16-9-15(6-3-7-15)14(20)18-8-12(13(17)19)21-11-5-2-1-4-10(11)18/h1-2,4-5,12H,3,6-9,16H2,(H2,17,19). The third-order valence-corrected chi connectivity index (χ3v) is 4.49.